The van der Waals surface area contributed by atoms with Crippen molar-refractivity contribution in [1.82, 2.24) is 20.2 Å². The Bertz CT molecular complexity index is 437. The van der Waals surface area contributed by atoms with Crippen molar-refractivity contribution in [3.63, 3.8) is 0 Å². The lowest BCUT2D eigenvalue weighted by Crippen LogP contribution is -2.34. The van der Waals surface area contributed by atoms with Crippen molar-refractivity contribution in [2.24, 2.45) is 0 Å². The fourth-order valence-corrected chi connectivity index (χ4v) is 3.11. The molecule has 3 N–H and O–H groups in total. The van der Waals surface area contributed by atoms with E-state index in [1.54, 1.807) is 7.05 Å². The first kappa shape index (κ1) is 14.1. The van der Waals surface area contributed by atoms with Crippen LogP contribution in [0.15, 0.2) is 11.2 Å². The van der Waals surface area contributed by atoms with Gasteiger partial charge >= 0.3 is 0 Å². The molecule has 0 saturated heterocycles. The van der Waals surface area contributed by atoms with Gasteiger partial charge in [-0.05, 0) is 19.9 Å². The highest BCUT2D eigenvalue weighted by atomic mass is 32.2. The highest BCUT2D eigenvalue weighted by molar-refractivity contribution is 7.89. The summed E-state index contributed by atoms with van der Waals surface area (Å²) in [4.78, 5) is 0. The van der Waals surface area contributed by atoms with E-state index in [0.29, 0.717) is 12.1 Å². The molecule has 0 aliphatic rings. The van der Waals surface area contributed by atoms with Crippen molar-refractivity contribution >= 4 is 10.0 Å². The van der Waals surface area contributed by atoms with Gasteiger partial charge in [-0.15, -0.1) is 0 Å². The average Bonchev–Trinajstić information content (AvgIpc) is 2.75. The summed E-state index contributed by atoms with van der Waals surface area (Å²) in [6, 6.07) is -0.0364. The minimum atomic E-state index is -3.50. The number of aromatic amines is 1. The van der Waals surface area contributed by atoms with Crippen LogP contribution in [0.3, 0.4) is 0 Å². The monoisotopic (exact) mass is 260 g/mol. The third kappa shape index (κ3) is 3.52. The molecule has 17 heavy (non-hydrogen) atoms. The Kier molecular flexibility index (Phi) is 5.10. The molecule has 0 aromatic carbocycles. The summed E-state index contributed by atoms with van der Waals surface area (Å²) in [6.45, 7) is 4.38. The van der Waals surface area contributed by atoms with Crippen LogP contribution in [0, 0.1) is 0 Å². The van der Waals surface area contributed by atoms with Crippen LogP contribution in [-0.4, -0.2) is 31.7 Å². The van der Waals surface area contributed by atoms with Crippen LogP contribution in [0.4, 0.5) is 0 Å². The predicted octanol–water partition coefficient (Wildman–Crippen LogP) is 0.596. The van der Waals surface area contributed by atoms with E-state index in [1.807, 2.05) is 13.8 Å². The maximum atomic E-state index is 12.1. The second kappa shape index (κ2) is 6.13. The molecule has 0 fully saturated rings. The van der Waals surface area contributed by atoms with E-state index in [9.17, 15) is 8.42 Å². The van der Waals surface area contributed by atoms with E-state index in [4.69, 9.17) is 0 Å². The first-order chi connectivity index (χ1) is 8.05. The van der Waals surface area contributed by atoms with Gasteiger partial charge in [-0.2, -0.15) is 5.10 Å². The van der Waals surface area contributed by atoms with Gasteiger partial charge in [0.05, 0.1) is 6.20 Å². The smallest absolute Gasteiger partial charge is 0.258 e. The van der Waals surface area contributed by atoms with Crippen LogP contribution in [0.2, 0.25) is 0 Å². The van der Waals surface area contributed by atoms with E-state index in [2.05, 4.69) is 20.2 Å². The average molecular weight is 260 g/mol. The van der Waals surface area contributed by atoms with Gasteiger partial charge < -0.3 is 5.32 Å². The molecule has 0 spiro atoms. The third-order valence-corrected chi connectivity index (χ3v) is 4.16. The van der Waals surface area contributed by atoms with Gasteiger partial charge in [-0.25, -0.2) is 13.1 Å². The molecular formula is C10H20N4O2S. The first-order valence-electron chi connectivity index (χ1n) is 5.74. The number of hydrogen-bond donors (Lipinski definition) is 3. The fraction of sp³-hybridized carbons (Fsp3) is 0.700. The summed E-state index contributed by atoms with van der Waals surface area (Å²) in [5, 5.41) is 9.39. The van der Waals surface area contributed by atoms with Crippen LogP contribution < -0.4 is 10.0 Å². The van der Waals surface area contributed by atoms with Gasteiger partial charge in [0.1, 0.15) is 0 Å². The quantitative estimate of drug-likeness (QED) is 0.670. The van der Waals surface area contributed by atoms with Crippen LogP contribution in [0.1, 0.15) is 32.3 Å². The SMILES string of the molecule is CCC(CC)NS(=O)(=O)c1[nH]ncc1CNC. The van der Waals surface area contributed by atoms with Crippen LogP contribution in [0.25, 0.3) is 0 Å². The van der Waals surface area contributed by atoms with Crippen LogP contribution in [-0.2, 0) is 16.6 Å². The second-order valence-corrected chi connectivity index (χ2v) is 5.54. The Morgan fingerprint density at radius 3 is 2.59 bits per heavy atom. The van der Waals surface area contributed by atoms with Gasteiger partial charge in [0.25, 0.3) is 10.0 Å². The summed E-state index contributed by atoms with van der Waals surface area (Å²) in [5.74, 6) is 0. The molecule has 0 atom stereocenters. The predicted molar refractivity (Wildman–Crippen MR) is 66.0 cm³/mol. The van der Waals surface area contributed by atoms with Crippen molar-refractivity contribution in [2.75, 3.05) is 7.05 Å². The van der Waals surface area contributed by atoms with Crippen molar-refractivity contribution in [2.45, 2.75) is 44.3 Å². The zero-order valence-corrected chi connectivity index (χ0v) is 11.3. The van der Waals surface area contributed by atoms with Gasteiger partial charge in [0, 0.05) is 18.2 Å². The third-order valence-electron chi connectivity index (χ3n) is 2.62. The van der Waals surface area contributed by atoms with Crippen molar-refractivity contribution in [3.05, 3.63) is 11.8 Å². The molecule has 1 aromatic rings. The Balaban J connectivity index is 2.92. The van der Waals surface area contributed by atoms with E-state index >= 15 is 0 Å². The number of nitrogens with zero attached hydrogens (tertiary/aromatic N) is 1. The van der Waals surface area contributed by atoms with E-state index in [-0.39, 0.29) is 11.1 Å². The van der Waals surface area contributed by atoms with E-state index in [1.165, 1.54) is 6.20 Å². The molecule has 7 heteroatoms. The lowest BCUT2D eigenvalue weighted by molar-refractivity contribution is 0.526. The number of aromatic nitrogens is 2. The Morgan fingerprint density at radius 2 is 2.06 bits per heavy atom. The second-order valence-electron chi connectivity index (χ2n) is 3.89. The van der Waals surface area contributed by atoms with Crippen LogP contribution >= 0.6 is 0 Å². The van der Waals surface area contributed by atoms with Crippen molar-refractivity contribution < 1.29 is 8.42 Å². The van der Waals surface area contributed by atoms with Crippen molar-refractivity contribution in [1.29, 1.82) is 0 Å². The molecule has 98 valence electrons. The Labute approximate surface area is 102 Å². The molecule has 0 aliphatic carbocycles. The van der Waals surface area contributed by atoms with E-state index in [0.717, 1.165) is 12.8 Å². The largest absolute Gasteiger partial charge is 0.316 e. The molecule has 0 amide bonds. The lowest BCUT2D eigenvalue weighted by atomic mass is 10.2. The molecule has 1 aromatic heterocycles. The topological polar surface area (TPSA) is 86.9 Å². The summed E-state index contributed by atoms with van der Waals surface area (Å²) in [6.07, 6.45) is 3.06. The van der Waals surface area contributed by atoms with Crippen molar-refractivity contribution in [3.8, 4) is 0 Å². The van der Waals surface area contributed by atoms with Gasteiger partial charge in [-0.3, -0.25) is 5.10 Å². The van der Waals surface area contributed by atoms with Gasteiger partial charge in [0.2, 0.25) is 0 Å². The number of hydrogen-bond acceptors (Lipinski definition) is 4. The van der Waals surface area contributed by atoms with Gasteiger partial charge in [0.15, 0.2) is 5.03 Å². The zero-order chi connectivity index (χ0) is 12.9. The summed E-state index contributed by atoms with van der Waals surface area (Å²) in [5.41, 5.74) is 0.644. The fourth-order valence-electron chi connectivity index (χ4n) is 1.58. The minimum absolute atomic E-state index is 0.0364. The minimum Gasteiger partial charge on any atom is -0.316 e. The first-order valence-corrected chi connectivity index (χ1v) is 7.22. The molecule has 0 unspecified atom stereocenters. The number of nitrogens with one attached hydrogen (secondary N) is 3. The molecule has 6 nitrogen and oxygen atoms in total. The molecule has 0 saturated carbocycles. The zero-order valence-electron chi connectivity index (χ0n) is 10.4. The highest BCUT2D eigenvalue weighted by Gasteiger charge is 2.22. The summed E-state index contributed by atoms with van der Waals surface area (Å²) < 4.78 is 26.9. The summed E-state index contributed by atoms with van der Waals surface area (Å²) >= 11 is 0. The summed E-state index contributed by atoms with van der Waals surface area (Å²) in [7, 11) is -1.74. The normalized spacial score (nSPS) is 12.2. The Hall–Kier alpha value is -0.920. The van der Waals surface area contributed by atoms with E-state index < -0.39 is 10.0 Å². The molecule has 1 rings (SSSR count). The number of rotatable bonds is 7. The lowest BCUT2D eigenvalue weighted by Gasteiger charge is -2.14. The molecule has 0 aliphatic heterocycles. The molecule has 1 heterocycles. The molecule has 0 bridgehead atoms. The maximum Gasteiger partial charge on any atom is 0.258 e. The standard InChI is InChI=1S/C10H20N4O2S/c1-4-9(5-2)14-17(15,16)10-8(6-11-3)7-12-13-10/h7,9,11,14H,4-6H2,1-3H3,(H,12,13). The van der Waals surface area contributed by atoms with Gasteiger partial charge in [-0.1, -0.05) is 13.8 Å². The molecular weight excluding hydrogens is 240 g/mol. The molecule has 0 radical (unpaired) electrons. The van der Waals surface area contributed by atoms with Crippen LogP contribution in [0.5, 0.6) is 0 Å². The Morgan fingerprint density at radius 1 is 1.41 bits per heavy atom. The maximum absolute atomic E-state index is 12.1. The highest BCUT2D eigenvalue weighted by Crippen LogP contribution is 2.13. The number of sulfonamides is 1. The number of H-pyrrole nitrogens is 1.